The fourth-order valence-electron chi connectivity index (χ4n) is 3.74. The number of Topliss-reactive ketones (excluding diaryl/α,β-unsaturated/α-hetero) is 1. The summed E-state index contributed by atoms with van der Waals surface area (Å²) in [5.41, 5.74) is 2.65. The predicted octanol–water partition coefficient (Wildman–Crippen LogP) is 3.51. The van der Waals surface area contributed by atoms with Crippen molar-refractivity contribution in [1.82, 2.24) is 9.88 Å². The highest BCUT2D eigenvalue weighted by Crippen LogP contribution is 2.30. The highest BCUT2D eigenvalue weighted by molar-refractivity contribution is 5.89. The molecule has 0 bridgehead atoms. The van der Waals surface area contributed by atoms with Crippen LogP contribution in [0.2, 0.25) is 0 Å². The van der Waals surface area contributed by atoms with Gasteiger partial charge in [0.25, 0.3) is 0 Å². The van der Waals surface area contributed by atoms with Gasteiger partial charge in [-0.2, -0.15) is 0 Å². The van der Waals surface area contributed by atoms with Crippen molar-refractivity contribution in [3.63, 3.8) is 0 Å². The standard InChI is InChI=1S/C23H24N2O3/c1-2-25-14-17(12-23(25)27)21(26)15-28-22-13-20(16-8-4-3-5-9-16)24-19-11-7-6-10-18(19)22/h3-11,13,17,23,27H,2,12,14-15H2,1H3. The van der Waals surface area contributed by atoms with Crippen LogP contribution in [-0.4, -0.2) is 46.7 Å². The molecule has 2 unspecified atom stereocenters. The Kier molecular flexibility index (Phi) is 5.37. The number of hydrogen-bond acceptors (Lipinski definition) is 5. The van der Waals surface area contributed by atoms with Crippen molar-refractivity contribution in [2.24, 2.45) is 5.92 Å². The van der Waals surface area contributed by atoms with Gasteiger partial charge in [-0.3, -0.25) is 9.69 Å². The maximum absolute atomic E-state index is 12.6. The Bertz CT molecular complexity index is 974. The van der Waals surface area contributed by atoms with Crippen molar-refractivity contribution in [2.45, 2.75) is 19.6 Å². The van der Waals surface area contributed by atoms with E-state index in [-0.39, 0.29) is 18.3 Å². The first kappa shape index (κ1) is 18.6. The minimum atomic E-state index is -0.537. The minimum Gasteiger partial charge on any atom is -0.485 e. The van der Waals surface area contributed by atoms with Crippen LogP contribution < -0.4 is 4.74 Å². The van der Waals surface area contributed by atoms with E-state index < -0.39 is 6.23 Å². The fraction of sp³-hybridized carbons (Fsp3) is 0.304. The lowest BCUT2D eigenvalue weighted by Crippen LogP contribution is -2.29. The number of aliphatic hydroxyl groups is 1. The molecule has 1 aliphatic heterocycles. The normalized spacial score (nSPS) is 19.8. The average molecular weight is 376 g/mol. The van der Waals surface area contributed by atoms with Crippen molar-refractivity contribution >= 4 is 16.7 Å². The van der Waals surface area contributed by atoms with Crippen LogP contribution in [-0.2, 0) is 4.79 Å². The molecule has 2 heterocycles. The molecule has 28 heavy (non-hydrogen) atoms. The Labute approximate surface area is 164 Å². The fourth-order valence-corrected chi connectivity index (χ4v) is 3.74. The molecular formula is C23H24N2O3. The molecule has 5 nitrogen and oxygen atoms in total. The Hall–Kier alpha value is -2.76. The number of nitrogens with zero attached hydrogens (tertiary/aromatic N) is 2. The highest BCUT2D eigenvalue weighted by atomic mass is 16.5. The summed E-state index contributed by atoms with van der Waals surface area (Å²) in [6.45, 7) is 3.31. The van der Waals surface area contributed by atoms with Crippen LogP contribution in [0.5, 0.6) is 5.75 Å². The molecule has 1 fully saturated rings. The third-order valence-corrected chi connectivity index (χ3v) is 5.35. The molecule has 0 amide bonds. The zero-order chi connectivity index (χ0) is 19.5. The van der Waals surface area contributed by atoms with E-state index in [2.05, 4.69) is 0 Å². The number of rotatable bonds is 6. The van der Waals surface area contributed by atoms with E-state index in [0.717, 1.165) is 28.7 Å². The van der Waals surface area contributed by atoms with E-state index >= 15 is 0 Å². The van der Waals surface area contributed by atoms with Crippen molar-refractivity contribution < 1.29 is 14.6 Å². The molecule has 1 aromatic heterocycles. The topological polar surface area (TPSA) is 62.7 Å². The molecule has 5 heteroatoms. The molecule has 0 radical (unpaired) electrons. The monoisotopic (exact) mass is 376 g/mol. The number of aliphatic hydroxyl groups excluding tert-OH is 1. The number of para-hydroxylation sites is 1. The summed E-state index contributed by atoms with van der Waals surface area (Å²) in [7, 11) is 0. The molecule has 2 atom stereocenters. The summed E-state index contributed by atoms with van der Waals surface area (Å²) in [5, 5.41) is 10.9. The van der Waals surface area contributed by atoms with Gasteiger partial charge in [-0.1, -0.05) is 49.4 Å². The predicted molar refractivity (Wildman–Crippen MR) is 109 cm³/mol. The van der Waals surface area contributed by atoms with Gasteiger partial charge >= 0.3 is 0 Å². The van der Waals surface area contributed by atoms with E-state index in [9.17, 15) is 9.90 Å². The van der Waals surface area contributed by atoms with Gasteiger partial charge in [-0.05, 0) is 25.1 Å². The number of benzene rings is 2. The second-order valence-electron chi connectivity index (χ2n) is 7.14. The molecule has 144 valence electrons. The lowest BCUT2D eigenvalue weighted by Gasteiger charge is -2.16. The minimum absolute atomic E-state index is 0.00280. The second kappa shape index (κ2) is 8.09. The SMILES string of the molecule is CCN1CC(C(=O)COc2cc(-c3ccccc3)nc3ccccc23)CC1O. The summed E-state index contributed by atoms with van der Waals surface area (Å²) >= 11 is 0. The van der Waals surface area contributed by atoms with Gasteiger partial charge in [0.2, 0.25) is 0 Å². The molecule has 4 rings (SSSR count). The van der Waals surface area contributed by atoms with Gasteiger partial charge in [-0.25, -0.2) is 4.98 Å². The van der Waals surface area contributed by atoms with Gasteiger partial charge < -0.3 is 9.84 Å². The Morgan fingerprint density at radius 3 is 2.68 bits per heavy atom. The molecule has 0 saturated carbocycles. The van der Waals surface area contributed by atoms with Gasteiger partial charge in [0.1, 0.15) is 18.6 Å². The van der Waals surface area contributed by atoms with Crippen LogP contribution in [0, 0.1) is 5.92 Å². The summed E-state index contributed by atoms with van der Waals surface area (Å²) in [5.74, 6) is 0.498. The van der Waals surface area contributed by atoms with Crippen LogP contribution in [0.3, 0.4) is 0 Å². The number of ketones is 1. The van der Waals surface area contributed by atoms with E-state index in [1.807, 2.05) is 72.5 Å². The summed E-state index contributed by atoms with van der Waals surface area (Å²) < 4.78 is 5.97. The van der Waals surface area contributed by atoms with Crippen LogP contribution in [0.4, 0.5) is 0 Å². The van der Waals surface area contributed by atoms with Gasteiger partial charge in [-0.15, -0.1) is 0 Å². The molecule has 3 aromatic rings. The highest BCUT2D eigenvalue weighted by Gasteiger charge is 2.34. The van der Waals surface area contributed by atoms with Crippen molar-refractivity contribution in [3.8, 4) is 17.0 Å². The van der Waals surface area contributed by atoms with Crippen LogP contribution in [0.25, 0.3) is 22.2 Å². The zero-order valence-electron chi connectivity index (χ0n) is 15.9. The lowest BCUT2D eigenvalue weighted by molar-refractivity contribution is -0.124. The summed E-state index contributed by atoms with van der Waals surface area (Å²) in [6, 6.07) is 19.6. The number of hydrogen-bond donors (Lipinski definition) is 1. The van der Waals surface area contributed by atoms with Crippen molar-refractivity contribution in [2.75, 3.05) is 19.7 Å². The third-order valence-electron chi connectivity index (χ3n) is 5.35. The molecule has 2 aromatic carbocycles. The zero-order valence-corrected chi connectivity index (χ0v) is 15.9. The maximum Gasteiger partial charge on any atom is 0.174 e. The smallest absolute Gasteiger partial charge is 0.174 e. The molecule has 1 N–H and O–H groups in total. The van der Waals surface area contributed by atoms with E-state index in [1.54, 1.807) is 0 Å². The number of aromatic nitrogens is 1. The molecule has 0 spiro atoms. The quantitative estimate of drug-likeness (QED) is 0.713. The van der Waals surface area contributed by atoms with Crippen LogP contribution >= 0.6 is 0 Å². The number of likely N-dealkylation sites (tertiary alicyclic amines) is 1. The second-order valence-corrected chi connectivity index (χ2v) is 7.14. The average Bonchev–Trinajstić information content (AvgIpc) is 3.13. The third kappa shape index (κ3) is 3.77. The molecular weight excluding hydrogens is 352 g/mol. The van der Waals surface area contributed by atoms with Crippen LogP contribution in [0.15, 0.2) is 60.7 Å². The summed E-state index contributed by atoms with van der Waals surface area (Å²) in [4.78, 5) is 19.3. The number of carbonyl (C=O) groups excluding carboxylic acids is 1. The molecule has 1 saturated heterocycles. The number of fused-ring (bicyclic) bond motifs is 1. The maximum atomic E-state index is 12.6. The molecule has 1 aliphatic rings. The van der Waals surface area contributed by atoms with E-state index in [4.69, 9.17) is 9.72 Å². The lowest BCUT2D eigenvalue weighted by atomic mass is 10.0. The number of pyridine rings is 1. The van der Waals surface area contributed by atoms with Crippen LogP contribution in [0.1, 0.15) is 13.3 Å². The Balaban J connectivity index is 1.57. The Morgan fingerprint density at radius 1 is 1.18 bits per heavy atom. The van der Waals surface area contributed by atoms with E-state index in [1.165, 1.54) is 0 Å². The van der Waals surface area contributed by atoms with Crippen molar-refractivity contribution in [3.05, 3.63) is 60.7 Å². The van der Waals surface area contributed by atoms with Gasteiger partial charge in [0, 0.05) is 29.5 Å². The van der Waals surface area contributed by atoms with Gasteiger partial charge in [0.15, 0.2) is 5.78 Å². The van der Waals surface area contributed by atoms with Gasteiger partial charge in [0.05, 0.1) is 11.2 Å². The first-order chi connectivity index (χ1) is 13.7. The molecule has 0 aliphatic carbocycles. The first-order valence-corrected chi connectivity index (χ1v) is 9.68. The number of ether oxygens (including phenoxy) is 1. The number of carbonyl (C=O) groups is 1. The van der Waals surface area contributed by atoms with Crippen molar-refractivity contribution in [1.29, 1.82) is 0 Å². The summed E-state index contributed by atoms with van der Waals surface area (Å²) in [6.07, 6.45) is -0.0621. The first-order valence-electron chi connectivity index (χ1n) is 9.68. The Morgan fingerprint density at radius 2 is 1.93 bits per heavy atom. The largest absolute Gasteiger partial charge is 0.485 e. The van der Waals surface area contributed by atoms with E-state index in [0.29, 0.717) is 18.7 Å².